The predicted octanol–water partition coefficient (Wildman–Crippen LogP) is 3.66. The number of carbonyl (C=O) groups excluding carboxylic acids is 1. The van der Waals surface area contributed by atoms with Gasteiger partial charge in [0.2, 0.25) is 0 Å². The Hall–Kier alpha value is -3.31. The van der Waals surface area contributed by atoms with E-state index >= 15 is 0 Å². The van der Waals surface area contributed by atoms with Crippen LogP contribution in [0.15, 0.2) is 61.1 Å². The maximum atomic E-state index is 12.8. The fourth-order valence-corrected chi connectivity index (χ4v) is 3.77. The van der Waals surface area contributed by atoms with Crippen LogP contribution in [0, 0.1) is 0 Å². The molecule has 3 heterocycles. The van der Waals surface area contributed by atoms with E-state index in [-0.39, 0.29) is 5.78 Å². The van der Waals surface area contributed by atoms with E-state index in [1.807, 2.05) is 43.8 Å². The lowest BCUT2D eigenvalue weighted by Gasteiger charge is -2.06. The number of carbonyl (C=O) groups is 1. The van der Waals surface area contributed by atoms with Gasteiger partial charge in [-0.15, -0.1) is 0 Å². The van der Waals surface area contributed by atoms with Crippen molar-refractivity contribution in [2.24, 2.45) is 7.05 Å². The first-order chi connectivity index (χ1) is 13.7. The van der Waals surface area contributed by atoms with Gasteiger partial charge in [-0.05, 0) is 40.3 Å². The van der Waals surface area contributed by atoms with Crippen LogP contribution in [0.4, 0.5) is 0 Å². The largest absolute Gasteiger partial charge is 0.309 e. The van der Waals surface area contributed by atoms with E-state index < -0.39 is 0 Å². The lowest BCUT2D eigenvalue weighted by Crippen LogP contribution is -2.06. The van der Waals surface area contributed by atoms with Crippen LogP contribution in [0.1, 0.15) is 27.2 Å². The van der Waals surface area contributed by atoms with Crippen molar-refractivity contribution in [3.63, 3.8) is 0 Å². The molecule has 0 amide bonds. The van der Waals surface area contributed by atoms with Crippen molar-refractivity contribution in [3.8, 4) is 11.1 Å². The smallest absolute Gasteiger partial charge is 0.168 e. The summed E-state index contributed by atoms with van der Waals surface area (Å²) in [6.45, 7) is 1.72. The third-order valence-corrected chi connectivity index (χ3v) is 5.32. The quantitative estimate of drug-likeness (QED) is 0.559. The molecule has 138 valence electrons. The summed E-state index contributed by atoms with van der Waals surface area (Å²) >= 11 is 0. The van der Waals surface area contributed by atoms with E-state index in [0.29, 0.717) is 6.42 Å². The molecule has 1 aliphatic heterocycles. The number of aromatic nitrogens is 3. The number of ketones is 1. The molecule has 2 aromatic carbocycles. The molecule has 0 bridgehead atoms. The van der Waals surface area contributed by atoms with E-state index in [2.05, 4.69) is 39.7 Å². The number of pyridine rings is 1. The molecule has 1 N–H and O–H groups in total. The van der Waals surface area contributed by atoms with Crippen LogP contribution in [0.2, 0.25) is 0 Å². The van der Waals surface area contributed by atoms with Gasteiger partial charge in [0.15, 0.2) is 5.78 Å². The molecule has 0 atom stereocenters. The molecule has 0 fully saturated rings. The van der Waals surface area contributed by atoms with E-state index in [1.54, 1.807) is 4.68 Å². The van der Waals surface area contributed by atoms with Gasteiger partial charge in [-0.3, -0.25) is 14.5 Å². The highest BCUT2D eigenvalue weighted by atomic mass is 16.1. The van der Waals surface area contributed by atoms with Crippen LogP contribution < -0.4 is 5.32 Å². The summed E-state index contributed by atoms with van der Waals surface area (Å²) in [5, 5.41) is 9.70. The number of hydrogen-bond donors (Lipinski definition) is 1. The summed E-state index contributed by atoms with van der Waals surface area (Å²) in [5.74, 6) is 0.102. The molecule has 2 aromatic heterocycles. The van der Waals surface area contributed by atoms with Gasteiger partial charge >= 0.3 is 0 Å². The van der Waals surface area contributed by atoms with Crippen LogP contribution in [0.5, 0.6) is 0 Å². The Kier molecular flexibility index (Phi) is 4.02. The molecule has 0 saturated heterocycles. The molecule has 4 aromatic rings. The van der Waals surface area contributed by atoms with Crippen molar-refractivity contribution in [1.29, 1.82) is 0 Å². The van der Waals surface area contributed by atoms with Gasteiger partial charge in [0.1, 0.15) is 0 Å². The summed E-state index contributed by atoms with van der Waals surface area (Å²) in [6.07, 6.45) is 6.00. The number of fused-ring (bicyclic) bond motifs is 2. The van der Waals surface area contributed by atoms with Crippen molar-refractivity contribution < 1.29 is 4.79 Å². The first kappa shape index (κ1) is 16.8. The van der Waals surface area contributed by atoms with Crippen LogP contribution in [-0.4, -0.2) is 20.5 Å². The highest BCUT2D eigenvalue weighted by Crippen LogP contribution is 2.25. The lowest BCUT2D eigenvalue weighted by atomic mass is 10.00. The van der Waals surface area contributed by atoms with Gasteiger partial charge in [0.05, 0.1) is 12.6 Å². The standard InChI is InChI=1S/C23H20N4O/c1-27-14-21(13-26-27)15-2-4-18-12-25-22(8-19(18)6-15)9-23(28)16-3-5-17-10-24-11-20(17)7-16/h2-8,12-14,24H,9-11H2,1H3. The highest BCUT2D eigenvalue weighted by molar-refractivity contribution is 5.98. The van der Waals surface area contributed by atoms with Crippen molar-refractivity contribution in [2.75, 3.05) is 0 Å². The van der Waals surface area contributed by atoms with Gasteiger partial charge in [-0.1, -0.05) is 24.3 Å². The van der Waals surface area contributed by atoms with Crippen LogP contribution in [0.25, 0.3) is 21.9 Å². The van der Waals surface area contributed by atoms with Crippen LogP contribution in [-0.2, 0) is 26.6 Å². The minimum atomic E-state index is 0.102. The zero-order chi connectivity index (χ0) is 19.1. The Labute approximate surface area is 163 Å². The minimum Gasteiger partial charge on any atom is -0.309 e. The van der Waals surface area contributed by atoms with Gasteiger partial charge in [-0.2, -0.15) is 5.10 Å². The molecule has 5 heteroatoms. The van der Waals surface area contributed by atoms with E-state index in [1.165, 1.54) is 11.1 Å². The van der Waals surface area contributed by atoms with E-state index in [4.69, 9.17) is 0 Å². The second-order valence-corrected chi connectivity index (χ2v) is 7.33. The minimum absolute atomic E-state index is 0.102. The van der Waals surface area contributed by atoms with Crippen molar-refractivity contribution in [3.05, 3.63) is 83.4 Å². The Balaban J connectivity index is 1.43. The highest BCUT2D eigenvalue weighted by Gasteiger charge is 2.14. The molecule has 5 nitrogen and oxygen atoms in total. The summed E-state index contributed by atoms with van der Waals surface area (Å²) in [4.78, 5) is 17.3. The topological polar surface area (TPSA) is 59.8 Å². The molecular weight excluding hydrogens is 348 g/mol. The third kappa shape index (κ3) is 3.10. The van der Waals surface area contributed by atoms with Crippen molar-refractivity contribution in [1.82, 2.24) is 20.1 Å². The zero-order valence-electron chi connectivity index (χ0n) is 15.6. The number of Topliss-reactive ketones (excluding diaryl/α,β-unsaturated/α-hetero) is 1. The first-order valence-corrected chi connectivity index (χ1v) is 9.39. The normalized spacial score (nSPS) is 13.0. The summed E-state index contributed by atoms with van der Waals surface area (Å²) in [7, 11) is 1.91. The fraction of sp³-hybridized carbons (Fsp3) is 0.174. The second kappa shape index (κ2) is 6.69. The maximum Gasteiger partial charge on any atom is 0.168 e. The summed E-state index contributed by atoms with van der Waals surface area (Å²) in [5.41, 5.74) is 6.23. The molecule has 0 radical (unpaired) electrons. The van der Waals surface area contributed by atoms with E-state index in [0.717, 1.165) is 46.2 Å². The fourth-order valence-electron chi connectivity index (χ4n) is 3.77. The average Bonchev–Trinajstić information content (AvgIpc) is 3.35. The second-order valence-electron chi connectivity index (χ2n) is 7.33. The van der Waals surface area contributed by atoms with Gasteiger partial charge in [-0.25, -0.2) is 0 Å². The SMILES string of the molecule is Cn1cc(-c2ccc3cnc(CC(=O)c4ccc5c(c4)CNC5)cc3c2)cn1. The number of benzene rings is 2. The first-order valence-electron chi connectivity index (χ1n) is 9.39. The Morgan fingerprint density at radius 1 is 1.00 bits per heavy atom. The van der Waals surface area contributed by atoms with Gasteiger partial charge in [0, 0.05) is 54.7 Å². The average molecular weight is 368 g/mol. The number of hydrogen-bond acceptors (Lipinski definition) is 4. The molecule has 0 saturated carbocycles. The molecule has 5 rings (SSSR count). The summed E-state index contributed by atoms with van der Waals surface area (Å²) < 4.78 is 1.79. The van der Waals surface area contributed by atoms with Gasteiger partial charge < -0.3 is 5.32 Å². The maximum absolute atomic E-state index is 12.8. The van der Waals surface area contributed by atoms with Crippen molar-refractivity contribution in [2.45, 2.75) is 19.5 Å². The zero-order valence-corrected chi connectivity index (χ0v) is 15.6. The summed E-state index contributed by atoms with van der Waals surface area (Å²) in [6, 6.07) is 14.3. The number of aryl methyl sites for hydroxylation is 1. The Morgan fingerprint density at radius 3 is 2.75 bits per heavy atom. The Bertz CT molecular complexity index is 1210. The predicted molar refractivity (Wildman–Crippen MR) is 109 cm³/mol. The van der Waals surface area contributed by atoms with Crippen LogP contribution in [0.3, 0.4) is 0 Å². The number of nitrogens with zero attached hydrogens (tertiary/aromatic N) is 3. The van der Waals surface area contributed by atoms with Gasteiger partial charge in [0.25, 0.3) is 0 Å². The third-order valence-electron chi connectivity index (χ3n) is 5.32. The molecular formula is C23H20N4O. The molecule has 0 unspecified atom stereocenters. The Morgan fingerprint density at radius 2 is 1.89 bits per heavy atom. The molecule has 0 spiro atoms. The molecule has 0 aliphatic carbocycles. The molecule has 28 heavy (non-hydrogen) atoms. The number of rotatable bonds is 4. The van der Waals surface area contributed by atoms with E-state index in [9.17, 15) is 4.79 Å². The van der Waals surface area contributed by atoms with Crippen molar-refractivity contribution >= 4 is 16.6 Å². The monoisotopic (exact) mass is 368 g/mol. The number of nitrogens with one attached hydrogen (secondary N) is 1. The van der Waals surface area contributed by atoms with Crippen LogP contribution >= 0.6 is 0 Å². The lowest BCUT2D eigenvalue weighted by molar-refractivity contribution is 0.0992. The molecule has 1 aliphatic rings.